The Morgan fingerprint density at radius 3 is 2.58 bits per heavy atom. The van der Waals surface area contributed by atoms with E-state index in [0.29, 0.717) is 11.3 Å². The molecule has 0 aromatic heterocycles. The van der Waals surface area contributed by atoms with Crippen molar-refractivity contribution >= 4 is 27.3 Å². The number of hydrogen-bond acceptors (Lipinski definition) is 2. The zero-order valence-corrected chi connectivity index (χ0v) is 11.6. The number of benzene rings is 2. The van der Waals surface area contributed by atoms with Crippen molar-refractivity contribution in [2.24, 2.45) is 0 Å². The zero-order chi connectivity index (χ0) is 14.0. The first-order valence-electron chi connectivity index (χ1n) is 5.45. The van der Waals surface area contributed by atoms with Gasteiger partial charge in [0.2, 0.25) is 0 Å². The molecule has 2 aromatic rings. The van der Waals surface area contributed by atoms with Crippen molar-refractivity contribution in [2.75, 3.05) is 5.32 Å². The minimum atomic E-state index is -0.581. The molecule has 19 heavy (non-hydrogen) atoms. The minimum Gasteiger partial charge on any atom is -0.353 e. The van der Waals surface area contributed by atoms with E-state index in [-0.39, 0.29) is 21.5 Å². The lowest BCUT2D eigenvalue weighted by Gasteiger charge is -2.12. The number of halogens is 3. The molecule has 0 aliphatic heterocycles. The first-order valence-corrected chi connectivity index (χ1v) is 6.24. The smallest absolute Gasteiger partial charge is 0.162 e. The van der Waals surface area contributed by atoms with Crippen LogP contribution in [0, 0.1) is 29.9 Å². The highest BCUT2D eigenvalue weighted by molar-refractivity contribution is 9.10. The molecule has 0 radical (unpaired) electrons. The maximum atomic E-state index is 14.0. The molecule has 0 unspecified atom stereocenters. The summed E-state index contributed by atoms with van der Waals surface area (Å²) in [6.07, 6.45) is 0. The van der Waals surface area contributed by atoms with E-state index in [1.165, 1.54) is 18.2 Å². The van der Waals surface area contributed by atoms with Gasteiger partial charge in [0.15, 0.2) is 5.82 Å². The van der Waals surface area contributed by atoms with Crippen molar-refractivity contribution in [2.45, 2.75) is 6.92 Å². The quantitative estimate of drug-likeness (QED) is 0.873. The van der Waals surface area contributed by atoms with E-state index in [2.05, 4.69) is 21.2 Å². The molecule has 96 valence electrons. The maximum Gasteiger partial charge on any atom is 0.162 e. The average Bonchev–Trinajstić information content (AvgIpc) is 2.40. The van der Waals surface area contributed by atoms with E-state index >= 15 is 0 Å². The predicted octanol–water partition coefficient (Wildman–Crippen LogP) is 4.65. The van der Waals surface area contributed by atoms with Crippen LogP contribution < -0.4 is 5.32 Å². The Morgan fingerprint density at radius 1 is 1.16 bits per heavy atom. The number of hydrogen-bond donors (Lipinski definition) is 1. The van der Waals surface area contributed by atoms with Gasteiger partial charge in [-0.15, -0.1) is 0 Å². The van der Waals surface area contributed by atoms with Gasteiger partial charge in [-0.2, -0.15) is 5.26 Å². The molecule has 0 saturated heterocycles. The van der Waals surface area contributed by atoms with Crippen molar-refractivity contribution in [3.05, 3.63) is 57.6 Å². The zero-order valence-electron chi connectivity index (χ0n) is 9.97. The lowest BCUT2D eigenvalue weighted by Crippen LogP contribution is -1.99. The van der Waals surface area contributed by atoms with Crippen molar-refractivity contribution in [3.8, 4) is 6.07 Å². The van der Waals surface area contributed by atoms with Crippen LogP contribution in [0.3, 0.4) is 0 Å². The molecule has 2 aromatic carbocycles. The van der Waals surface area contributed by atoms with Gasteiger partial charge in [0.1, 0.15) is 11.9 Å². The summed E-state index contributed by atoms with van der Waals surface area (Å²) in [5, 5.41) is 11.6. The van der Waals surface area contributed by atoms with Gasteiger partial charge < -0.3 is 5.32 Å². The highest BCUT2D eigenvalue weighted by atomic mass is 79.9. The van der Waals surface area contributed by atoms with Crippen LogP contribution in [-0.2, 0) is 0 Å². The van der Waals surface area contributed by atoms with Crippen LogP contribution in [0.4, 0.5) is 20.2 Å². The van der Waals surface area contributed by atoms with Crippen LogP contribution in [0.5, 0.6) is 0 Å². The summed E-state index contributed by atoms with van der Waals surface area (Å²) in [4.78, 5) is 0. The largest absolute Gasteiger partial charge is 0.353 e. The number of anilines is 2. The van der Waals surface area contributed by atoms with Crippen LogP contribution in [-0.4, -0.2) is 0 Å². The monoisotopic (exact) mass is 322 g/mol. The van der Waals surface area contributed by atoms with Crippen molar-refractivity contribution < 1.29 is 8.78 Å². The fourth-order valence-electron chi connectivity index (χ4n) is 1.62. The number of nitriles is 1. The Bertz CT molecular complexity index is 678. The van der Waals surface area contributed by atoms with E-state index in [0.717, 1.165) is 0 Å². The molecule has 0 saturated carbocycles. The van der Waals surface area contributed by atoms with Crippen LogP contribution >= 0.6 is 15.9 Å². The van der Waals surface area contributed by atoms with E-state index in [9.17, 15) is 8.78 Å². The molecule has 0 heterocycles. The van der Waals surface area contributed by atoms with Crippen molar-refractivity contribution in [1.29, 1.82) is 5.26 Å². The SMILES string of the molecule is Cc1c(F)cccc1Nc1ccc(C#N)c(Br)c1F. The van der Waals surface area contributed by atoms with E-state index in [4.69, 9.17) is 5.26 Å². The Hall–Kier alpha value is -1.93. The van der Waals surface area contributed by atoms with Gasteiger partial charge >= 0.3 is 0 Å². The third-order valence-corrected chi connectivity index (χ3v) is 3.52. The Morgan fingerprint density at radius 2 is 1.89 bits per heavy atom. The van der Waals surface area contributed by atoms with Crippen LogP contribution in [0.2, 0.25) is 0 Å². The molecular weight excluding hydrogens is 314 g/mol. The summed E-state index contributed by atoms with van der Waals surface area (Å²) in [6.45, 7) is 1.61. The second kappa shape index (κ2) is 5.37. The summed E-state index contributed by atoms with van der Waals surface area (Å²) in [7, 11) is 0. The fraction of sp³-hybridized carbons (Fsp3) is 0.0714. The van der Waals surface area contributed by atoms with Gasteiger partial charge in [-0.3, -0.25) is 0 Å². The van der Waals surface area contributed by atoms with Gasteiger partial charge in [0.05, 0.1) is 15.7 Å². The summed E-state index contributed by atoms with van der Waals surface area (Å²) in [5.41, 5.74) is 1.27. The molecule has 0 aliphatic rings. The summed E-state index contributed by atoms with van der Waals surface area (Å²) in [6, 6.07) is 9.35. The van der Waals surface area contributed by atoms with Crippen LogP contribution in [0.1, 0.15) is 11.1 Å². The molecule has 0 aliphatic carbocycles. The average molecular weight is 323 g/mol. The summed E-state index contributed by atoms with van der Waals surface area (Å²) in [5.74, 6) is -0.944. The predicted molar refractivity (Wildman–Crippen MR) is 73.2 cm³/mol. The lowest BCUT2D eigenvalue weighted by molar-refractivity contribution is 0.618. The Kier molecular flexibility index (Phi) is 3.82. The first kappa shape index (κ1) is 13.5. The first-order chi connectivity index (χ1) is 9.04. The van der Waals surface area contributed by atoms with Crippen LogP contribution in [0.25, 0.3) is 0 Å². The number of nitrogens with zero attached hydrogens (tertiary/aromatic N) is 1. The van der Waals surface area contributed by atoms with Gasteiger partial charge in [-0.25, -0.2) is 8.78 Å². The van der Waals surface area contributed by atoms with Gasteiger partial charge in [0.25, 0.3) is 0 Å². The van der Waals surface area contributed by atoms with Gasteiger partial charge in [-0.05, 0) is 47.1 Å². The standard InChI is InChI=1S/C14H9BrF2N2/c1-8-10(16)3-2-4-11(8)19-12-6-5-9(7-18)13(15)14(12)17/h2-6,19H,1H3. The summed E-state index contributed by atoms with van der Waals surface area (Å²) >= 11 is 3.03. The molecule has 1 N–H and O–H groups in total. The third-order valence-electron chi connectivity index (χ3n) is 2.74. The molecule has 0 amide bonds. The topological polar surface area (TPSA) is 35.8 Å². The van der Waals surface area contributed by atoms with Crippen molar-refractivity contribution in [3.63, 3.8) is 0 Å². The molecule has 2 nitrogen and oxygen atoms in total. The van der Waals surface area contributed by atoms with E-state index in [1.807, 2.05) is 6.07 Å². The fourth-order valence-corrected chi connectivity index (χ4v) is 2.05. The van der Waals surface area contributed by atoms with E-state index < -0.39 is 5.82 Å². The second-order valence-electron chi connectivity index (χ2n) is 3.94. The van der Waals surface area contributed by atoms with Crippen LogP contribution in [0.15, 0.2) is 34.8 Å². The third kappa shape index (κ3) is 2.59. The van der Waals surface area contributed by atoms with Gasteiger partial charge in [-0.1, -0.05) is 6.07 Å². The number of nitrogens with one attached hydrogen (secondary N) is 1. The molecular formula is C14H9BrF2N2. The molecule has 5 heteroatoms. The second-order valence-corrected chi connectivity index (χ2v) is 4.73. The molecule has 2 rings (SSSR count). The Labute approximate surface area is 117 Å². The lowest BCUT2D eigenvalue weighted by atomic mass is 10.1. The van der Waals surface area contributed by atoms with Crippen molar-refractivity contribution in [1.82, 2.24) is 0 Å². The van der Waals surface area contributed by atoms with E-state index in [1.54, 1.807) is 19.1 Å². The van der Waals surface area contributed by atoms with Gasteiger partial charge in [0, 0.05) is 11.3 Å². The summed E-state index contributed by atoms with van der Waals surface area (Å²) < 4.78 is 27.5. The number of rotatable bonds is 2. The highest BCUT2D eigenvalue weighted by Crippen LogP contribution is 2.30. The normalized spacial score (nSPS) is 10.1. The maximum absolute atomic E-state index is 14.0. The Balaban J connectivity index is 2.43. The molecule has 0 fully saturated rings. The highest BCUT2D eigenvalue weighted by Gasteiger charge is 2.12. The minimum absolute atomic E-state index is 0.0917. The molecule has 0 spiro atoms. The molecule has 0 atom stereocenters. The molecule has 0 bridgehead atoms.